The van der Waals surface area contributed by atoms with E-state index >= 15 is 0 Å². The first-order chi connectivity index (χ1) is 20.3. The molecule has 1 unspecified atom stereocenters. The van der Waals surface area contributed by atoms with Crippen LogP contribution in [0.25, 0.3) is 0 Å². The molecular formula is C37H52O5Si. The topological polar surface area (TPSA) is 65.0 Å². The minimum atomic E-state index is -2.19. The van der Waals surface area contributed by atoms with Crippen LogP contribution in [0.1, 0.15) is 74.5 Å². The maximum Gasteiger partial charge on any atom is 0.306 e. The van der Waals surface area contributed by atoms with Crippen molar-refractivity contribution in [2.24, 2.45) is 11.8 Å². The first-order valence-corrected chi connectivity index (χ1v) is 18.4. The van der Waals surface area contributed by atoms with Crippen molar-refractivity contribution in [1.82, 2.24) is 0 Å². The number of carboxylic acids is 1. The van der Waals surface area contributed by atoms with Crippen molar-refractivity contribution in [2.75, 3.05) is 14.2 Å². The largest absolute Gasteiger partial charge is 0.496 e. The highest BCUT2D eigenvalue weighted by Crippen LogP contribution is 2.45. The number of hydrogen-bond acceptors (Lipinski definition) is 4. The highest BCUT2D eigenvalue weighted by Gasteiger charge is 2.41. The van der Waals surface area contributed by atoms with Gasteiger partial charge in [0.2, 0.25) is 0 Å². The lowest BCUT2D eigenvalue weighted by molar-refractivity contribution is -0.141. The summed E-state index contributed by atoms with van der Waals surface area (Å²) in [7, 11) is 1.21. The van der Waals surface area contributed by atoms with Crippen LogP contribution in [-0.2, 0) is 28.5 Å². The molecule has 0 radical (unpaired) electrons. The molecule has 0 amide bonds. The SMILES string of the molecule is COc1cc([C@@H](O[Si](C)(C)C(C)(C)C)[C@@H](CCCc2ccccc2)Cc2cccc(CC(C)C(=O)O)c2)cc(OC)c1C. The van der Waals surface area contributed by atoms with Crippen LogP contribution in [0.4, 0.5) is 0 Å². The summed E-state index contributed by atoms with van der Waals surface area (Å²) in [5, 5.41) is 9.53. The summed E-state index contributed by atoms with van der Waals surface area (Å²) < 4.78 is 19.0. The molecule has 0 aliphatic heterocycles. The summed E-state index contributed by atoms with van der Waals surface area (Å²) in [5.74, 6) is 0.576. The number of carbonyl (C=O) groups is 1. The third-order valence-corrected chi connectivity index (χ3v) is 13.6. The Hall–Kier alpha value is -3.09. The Morgan fingerprint density at radius 1 is 0.860 bits per heavy atom. The Labute approximate surface area is 260 Å². The molecule has 3 atom stereocenters. The van der Waals surface area contributed by atoms with Gasteiger partial charge in [-0.15, -0.1) is 0 Å². The zero-order chi connectivity index (χ0) is 31.8. The number of aliphatic carboxylic acids is 1. The molecule has 0 saturated heterocycles. The molecule has 6 heteroatoms. The monoisotopic (exact) mass is 604 g/mol. The summed E-state index contributed by atoms with van der Waals surface area (Å²) in [6.07, 6.45) is 4.17. The maximum atomic E-state index is 11.6. The Balaban J connectivity index is 2.08. The third kappa shape index (κ3) is 9.44. The fourth-order valence-corrected chi connectivity index (χ4v) is 6.72. The lowest BCUT2D eigenvalue weighted by Crippen LogP contribution is -2.43. The number of hydrogen-bond donors (Lipinski definition) is 1. The van der Waals surface area contributed by atoms with Gasteiger partial charge in [0.15, 0.2) is 8.32 Å². The van der Waals surface area contributed by atoms with Crippen LogP contribution in [0.2, 0.25) is 18.1 Å². The smallest absolute Gasteiger partial charge is 0.306 e. The minimum absolute atomic E-state index is 0.0333. The first kappa shape index (κ1) is 34.4. The molecule has 234 valence electrons. The first-order valence-electron chi connectivity index (χ1n) is 15.5. The molecule has 0 aliphatic rings. The van der Waals surface area contributed by atoms with E-state index in [4.69, 9.17) is 13.9 Å². The third-order valence-electron chi connectivity index (χ3n) is 9.09. The number of carboxylic acid groups (broad SMARTS) is 1. The van der Waals surface area contributed by atoms with Crippen LogP contribution < -0.4 is 9.47 Å². The van der Waals surface area contributed by atoms with E-state index in [1.165, 1.54) is 11.1 Å². The Bertz CT molecular complexity index is 1300. The predicted molar refractivity (Wildman–Crippen MR) is 179 cm³/mol. The van der Waals surface area contributed by atoms with Gasteiger partial charge >= 0.3 is 5.97 Å². The van der Waals surface area contributed by atoms with E-state index < -0.39 is 20.2 Å². The molecule has 3 aromatic rings. The van der Waals surface area contributed by atoms with E-state index in [0.717, 1.165) is 53.9 Å². The quantitative estimate of drug-likeness (QED) is 0.175. The molecular weight excluding hydrogens is 552 g/mol. The van der Waals surface area contributed by atoms with Crippen LogP contribution >= 0.6 is 0 Å². The number of ether oxygens (including phenoxy) is 2. The number of aryl methyl sites for hydroxylation is 1. The van der Waals surface area contributed by atoms with Crippen LogP contribution in [-0.4, -0.2) is 33.6 Å². The van der Waals surface area contributed by atoms with Crippen molar-refractivity contribution in [3.05, 3.63) is 94.5 Å². The predicted octanol–water partition coefficient (Wildman–Crippen LogP) is 9.22. The van der Waals surface area contributed by atoms with Gasteiger partial charge in [-0.05, 0) is 97.5 Å². The highest BCUT2D eigenvalue weighted by atomic mass is 28.4. The van der Waals surface area contributed by atoms with Crippen LogP contribution in [0, 0.1) is 18.8 Å². The average molecular weight is 605 g/mol. The zero-order valence-electron chi connectivity index (χ0n) is 27.7. The fourth-order valence-electron chi connectivity index (χ4n) is 5.40. The van der Waals surface area contributed by atoms with Crippen LogP contribution in [0.5, 0.6) is 11.5 Å². The molecule has 0 saturated carbocycles. The van der Waals surface area contributed by atoms with Gasteiger partial charge in [0.25, 0.3) is 0 Å². The van der Waals surface area contributed by atoms with Crippen molar-refractivity contribution < 1.29 is 23.8 Å². The van der Waals surface area contributed by atoms with E-state index in [-0.39, 0.29) is 17.1 Å². The number of benzene rings is 3. The van der Waals surface area contributed by atoms with Crippen molar-refractivity contribution in [1.29, 1.82) is 0 Å². The normalized spacial score (nSPS) is 14.2. The molecule has 3 rings (SSSR count). The van der Waals surface area contributed by atoms with E-state index in [1.807, 2.05) is 13.0 Å². The van der Waals surface area contributed by atoms with Gasteiger partial charge in [0.1, 0.15) is 11.5 Å². The molecule has 0 spiro atoms. The molecule has 0 bridgehead atoms. The van der Waals surface area contributed by atoms with Gasteiger partial charge in [-0.2, -0.15) is 0 Å². The molecule has 0 aliphatic carbocycles. The highest BCUT2D eigenvalue weighted by molar-refractivity contribution is 6.74. The summed E-state index contributed by atoms with van der Waals surface area (Å²) in [4.78, 5) is 11.6. The van der Waals surface area contributed by atoms with Crippen LogP contribution in [0.15, 0.2) is 66.7 Å². The summed E-state index contributed by atoms with van der Waals surface area (Å²) in [6, 6.07) is 23.4. The summed E-state index contributed by atoms with van der Waals surface area (Å²) in [5.41, 5.74) is 5.64. The average Bonchev–Trinajstić information content (AvgIpc) is 2.95. The summed E-state index contributed by atoms with van der Waals surface area (Å²) >= 11 is 0. The van der Waals surface area contributed by atoms with Gasteiger partial charge < -0.3 is 19.0 Å². The second-order valence-corrected chi connectivity index (χ2v) is 18.2. The molecule has 43 heavy (non-hydrogen) atoms. The van der Waals surface area contributed by atoms with Gasteiger partial charge in [0.05, 0.1) is 26.2 Å². The van der Waals surface area contributed by atoms with Gasteiger partial charge in [-0.1, -0.05) is 82.3 Å². The number of methoxy groups -OCH3 is 2. The number of rotatable bonds is 15. The van der Waals surface area contributed by atoms with Crippen LogP contribution in [0.3, 0.4) is 0 Å². The Kier molecular flexibility index (Phi) is 12.1. The Morgan fingerprint density at radius 2 is 1.42 bits per heavy atom. The lowest BCUT2D eigenvalue weighted by Gasteiger charge is -2.42. The fraction of sp³-hybridized carbons (Fsp3) is 0.486. The second-order valence-electron chi connectivity index (χ2n) is 13.5. The molecule has 0 fully saturated rings. The molecule has 1 N–H and O–H groups in total. The molecule has 0 heterocycles. The van der Waals surface area contributed by atoms with Gasteiger partial charge in [0, 0.05) is 5.56 Å². The molecule has 3 aromatic carbocycles. The van der Waals surface area contributed by atoms with Crippen molar-refractivity contribution in [3.63, 3.8) is 0 Å². The van der Waals surface area contributed by atoms with Crippen molar-refractivity contribution >= 4 is 14.3 Å². The van der Waals surface area contributed by atoms with E-state index in [0.29, 0.717) is 6.42 Å². The van der Waals surface area contributed by atoms with Gasteiger partial charge in [-0.3, -0.25) is 4.79 Å². The van der Waals surface area contributed by atoms with E-state index in [9.17, 15) is 9.90 Å². The zero-order valence-corrected chi connectivity index (χ0v) is 28.7. The molecule has 0 aromatic heterocycles. The second kappa shape index (κ2) is 15.1. The van der Waals surface area contributed by atoms with Gasteiger partial charge in [-0.25, -0.2) is 0 Å². The molecule has 5 nitrogen and oxygen atoms in total. The van der Waals surface area contributed by atoms with E-state index in [1.54, 1.807) is 21.1 Å². The van der Waals surface area contributed by atoms with E-state index in [2.05, 4.69) is 94.5 Å². The Morgan fingerprint density at radius 3 is 1.95 bits per heavy atom. The van der Waals surface area contributed by atoms with Crippen molar-refractivity contribution in [2.45, 2.75) is 91.0 Å². The maximum absolute atomic E-state index is 11.6. The van der Waals surface area contributed by atoms with Crippen molar-refractivity contribution in [3.8, 4) is 11.5 Å². The standard InChI is InChI=1S/C37H52O5Si/c1-26(36(38)39)21-29-18-13-19-30(22-29)23-31(20-14-17-28-15-11-10-12-16-28)35(42-43(8,9)37(3,4)5)32-24-33(40-6)27(2)34(25-32)41-7/h10-13,15-16,18-19,22,24-26,31,35H,14,17,20-21,23H2,1-9H3,(H,38,39)/t26?,31-,35-/m0/s1. The minimum Gasteiger partial charge on any atom is -0.496 e. The lowest BCUT2D eigenvalue weighted by atomic mass is 9.84. The summed E-state index contributed by atoms with van der Waals surface area (Å²) in [6.45, 7) is 15.3.